The van der Waals surface area contributed by atoms with Gasteiger partial charge in [0.05, 0.1) is 5.56 Å². The van der Waals surface area contributed by atoms with Gasteiger partial charge in [0, 0.05) is 18.1 Å². The van der Waals surface area contributed by atoms with Gasteiger partial charge in [0.25, 0.3) is 5.91 Å². The van der Waals surface area contributed by atoms with E-state index in [2.05, 4.69) is 10.3 Å². The fourth-order valence-corrected chi connectivity index (χ4v) is 2.27. The van der Waals surface area contributed by atoms with Gasteiger partial charge in [-0.05, 0) is 42.0 Å². The van der Waals surface area contributed by atoms with Crippen LogP contribution < -0.4 is 10.1 Å². The molecule has 3 rings (SSSR count). The van der Waals surface area contributed by atoms with Crippen molar-refractivity contribution in [2.45, 2.75) is 6.61 Å². The zero-order valence-electron chi connectivity index (χ0n) is 14.5. The third-order valence-corrected chi connectivity index (χ3v) is 3.64. The zero-order chi connectivity index (χ0) is 18.9. The van der Waals surface area contributed by atoms with Gasteiger partial charge in [-0.1, -0.05) is 30.3 Å². The van der Waals surface area contributed by atoms with Crippen molar-refractivity contribution < 1.29 is 19.1 Å². The smallest absolute Gasteiger partial charge is 0.338 e. The summed E-state index contributed by atoms with van der Waals surface area (Å²) in [7, 11) is 0. The van der Waals surface area contributed by atoms with Gasteiger partial charge in [0.1, 0.15) is 12.4 Å². The largest absolute Gasteiger partial charge is 0.489 e. The summed E-state index contributed by atoms with van der Waals surface area (Å²) < 4.78 is 10.7. The third-order valence-electron chi connectivity index (χ3n) is 3.64. The van der Waals surface area contributed by atoms with E-state index in [1.54, 1.807) is 24.3 Å². The molecule has 6 heteroatoms. The van der Waals surface area contributed by atoms with Crippen molar-refractivity contribution in [1.29, 1.82) is 0 Å². The lowest BCUT2D eigenvalue weighted by Gasteiger charge is -2.09. The summed E-state index contributed by atoms with van der Waals surface area (Å²) in [6, 6.07) is 19.9. The quantitative estimate of drug-likeness (QED) is 0.651. The number of esters is 1. The van der Waals surface area contributed by atoms with E-state index in [4.69, 9.17) is 9.47 Å². The Morgan fingerprint density at radius 3 is 2.30 bits per heavy atom. The first-order valence-corrected chi connectivity index (χ1v) is 8.34. The lowest BCUT2D eigenvalue weighted by molar-refractivity contribution is -0.119. The Bertz CT molecular complexity index is 881. The lowest BCUT2D eigenvalue weighted by Crippen LogP contribution is -2.20. The number of hydrogen-bond acceptors (Lipinski definition) is 5. The summed E-state index contributed by atoms with van der Waals surface area (Å²) in [5.74, 6) is -0.298. The Morgan fingerprint density at radius 1 is 0.889 bits per heavy atom. The number of anilines is 1. The standard InChI is InChI=1S/C21H18N2O4/c24-20(15-27-21(25)17-10-12-22-13-11-17)23-18-6-8-19(9-7-18)26-14-16-4-2-1-3-5-16/h1-13H,14-15H2,(H,23,24). The Hall–Kier alpha value is -3.67. The average Bonchev–Trinajstić information content (AvgIpc) is 2.73. The molecule has 0 aliphatic heterocycles. The number of amides is 1. The van der Waals surface area contributed by atoms with Gasteiger partial charge < -0.3 is 14.8 Å². The number of carbonyl (C=O) groups is 2. The predicted octanol–water partition coefficient (Wildman–Crippen LogP) is 3.46. The van der Waals surface area contributed by atoms with E-state index in [0.717, 1.165) is 5.56 Å². The van der Waals surface area contributed by atoms with Crippen molar-refractivity contribution in [3.8, 4) is 5.75 Å². The molecule has 0 unspecified atom stereocenters. The molecule has 136 valence electrons. The Kier molecular flexibility index (Phi) is 6.14. The van der Waals surface area contributed by atoms with Crippen LogP contribution in [0.5, 0.6) is 5.75 Å². The minimum absolute atomic E-state index is 0.345. The van der Waals surface area contributed by atoms with Gasteiger partial charge in [-0.25, -0.2) is 4.79 Å². The average molecular weight is 362 g/mol. The number of hydrogen-bond donors (Lipinski definition) is 1. The molecule has 6 nitrogen and oxygen atoms in total. The SMILES string of the molecule is O=C(COC(=O)c1ccncc1)Nc1ccc(OCc2ccccc2)cc1. The molecule has 2 aromatic carbocycles. The van der Waals surface area contributed by atoms with Crippen LogP contribution in [0.25, 0.3) is 0 Å². The normalized spacial score (nSPS) is 10.1. The summed E-state index contributed by atoms with van der Waals surface area (Å²) in [6.45, 7) is 0.102. The minimum Gasteiger partial charge on any atom is -0.489 e. The highest BCUT2D eigenvalue weighted by molar-refractivity contribution is 5.95. The fraction of sp³-hybridized carbons (Fsp3) is 0.0952. The zero-order valence-corrected chi connectivity index (χ0v) is 14.5. The van der Waals surface area contributed by atoms with E-state index in [-0.39, 0.29) is 6.61 Å². The number of carbonyl (C=O) groups excluding carboxylic acids is 2. The predicted molar refractivity (Wildman–Crippen MR) is 100 cm³/mol. The van der Waals surface area contributed by atoms with Crippen LogP contribution in [-0.2, 0) is 16.1 Å². The fourth-order valence-electron chi connectivity index (χ4n) is 2.27. The summed E-state index contributed by atoms with van der Waals surface area (Å²) in [6.07, 6.45) is 2.97. The molecule has 0 saturated carbocycles. The molecule has 0 saturated heterocycles. The molecule has 0 fully saturated rings. The Labute approximate surface area is 156 Å². The molecular weight excluding hydrogens is 344 g/mol. The second-order valence-electron chi connectivity index (χ2n) is 5.66. The second kappa shape index (κ2) is 9.15. The number of nitrogens with zero attached hydrogens (tertiary/aromatic N) is 1. The van der Waals surface area contributed by atoms with Crippen molar-refractivity contribution in [2.75, 3.05) is 11.9 Å². The highest BCUT2D eigenvalue weighted by atomic mass is 16.5. The molecule has 1 amide bonds. The first kappa shape index (κ1) is 18.1. The van der Waals surface area contributed by atoms with Crippen LogP contribution in [-0.4, -0.2) is 23.5 Å². The van der Waals surface area contributed by atoms with Crippen LogP contribution in [0.15, 0.2) is 79.1 Å². The number of ether oxygens (including phenoxy) is 2. The van der Waals surface area contributed by atoms with Crippen LogP contribution >= 0.6 is 0 Å². The molecule has 0 radical (unpaired) electrons. The molecule has 1 N–H and O–H groups in total. The molecule has 1 aromatic heterocycles. The van der Waals surface area contributed by atoms with Gasteiger partial charge in [-0.15, -0.1) is 0 Å². The Morgan fingerprint density at radius 2 is 1.59 bits per heavy atom. The van der Waals surface area contributed by atoms with Crippen LogP contribution in [0.3, 0.4) is 0 Å². The molecule has 0 atom stereocenters. The number of rotatable bonds is 7. The maximum Gasteiger partial charge on any atom is 0.338 e. The summed E-state index contributed by atoms with van der Waals surface area (Å²) in [5, 5.41) is 2.67. The molecular formula is C21H18N2O4. The lowest BCUT2D eigenvalue weighted by atomic mass is 10.2. The van der Waals surface area contributed by atoms with Gasteiger partial charge in [-0.2, -0.15) is 0 Å². The highest BCUT2D eigenvalue weighted by Gasteiger charge is 2.10. The number of aromatic nitrogens is 1. The van der Waals surface area contributed by atoms with Crippen molar-refractivity contribution in [1.82, 2.24) is 4.98 Å². The van der Waals surface area contributed by atoms with Crippen LogP contribution in [0.2, 0.25) is 0 Å². The first-order chi connectivity index (χ1) is 13.2. The van der Waals surface area contributed by atoms with Crippen molar-refractivity contribution in [3.63, 3.8) is 0 Å². The van der Waals surface area contributed by atoms with E-state index in [1.165, 1.54) is 24.5 Å². The van der Waals surface area contributed by atoms with E-state index >= 15 is 0 Å². The van der Waals surface area contributed by atoms with E-state index in [9.17, 15) is 9.59 Å². The van der Waals surface area contributed by atoms with Gasteiger partial charge in [-0.3, -0.25) is 9.78 Å². The monoisotopic (exact) mass is 362 g/mol. The maximum absolute atomic E-state index is 11.9. The van der Waals surface area contributed by atoms with E-state index in [1.807, 2.05) is 30.3 Å². The van der Waals surface area contributed by atoms with E-state index in [0.29, 0.717) is 23.6 Å². The summed E-state index contributed by atoms with van der Waals surface area (Å²) in [4.78, 5) is 27.5. The molecule has 3 aromatic rings. The van der Waals surface area contributed by atoms with Crippen molar-refractivity contribution in [2.24, 2.45) is 0 Å². The Balaban J connectivity index is 1.45. The maximum atomic E-state index is 11.9. The molecule has 27 heavy (non-hydrogen) atoms. The minimum atomic E-state index is -0.572. The first-order valence-electron chi connectivity index (χ1n) is 8.34. The van der Waals surface area contributed by atoms with Gasteiger partial charge >= 0.3 is 5.97 Å². The molecule has 0 spiro atoms. The molecule has 0 aliphatic carbocycles. The molecule has 1 heterocycles. The molecule has 0 bridgehead atoms. The van der Waals surface area contributed by atoms with Crippen molar-refractivity contribution in [3.05, 3.63) is 90.3 Å². The van der Waals surface area contributed by atoms with Crippen LogP contribution in [0.1, 0.15) is 15.9 Å². The van der Waals surface area contributed by atoms with E-state index < -0.39 is 11.9 Å². The summed E-state index contributed by atoms with van der Waals surface area (Å²) >= 11 is 0. The van der Waals surface area contributed by atoms with Crippen molar-refractivity contribution >= 4 is 17.6 Å². The van der Waals surface area contributed by atoms with Crippen LogP contribution in [0.4, 0.5) is 5.69 Å². The number of benzene rings is 2. The van der Waals surface area contributed by atoms with Gasteiger partial charge in [0.15, 0.2) is 6.61 Å². The number of pyridine rings is 1. The topological polar surface area (TPSA) is 77.5 Å². The summed E-state index contributed by atoms with van der Waals surface area (Å²) in [5.41, 5.74) is 2.01. The highest BCUT2D eigenvalue weighted by Crippen LogP contribution is 2.17. The van der Waals surface area contributed by atoms with Gasteiger partial charge in [0.2, 0.25) is 0 Å². The number of nitrogens with one attached hydrogen (secondary N) is 1. The van der Waals surface area contributed by atoms with Crippen LogP contribution in [0, 0.1) is 0 Å². The molecule has 0 aliphatic rings. The second-order valence-corrected chi connectivity index (χ2v) is 5.66. The third kappa shape index (κ3) is 5.67.